The van der Waals surface area contributed by atoms with Crippen LogP contribution in [0, 0.1) is 11.8 Å². The van der Waals surface area contributed by atoms with Gasteiger partial charge in [0.15, 0.2) is 5.65 Å². The fourth-order valence-corrected chi connectivity index (χ4v) is 2.70. The molecule has 2 aromatic heterocycles. The van der Waals surface area contributed by atoms with Gasteiger partial charge in [0, 0.05) is 6.04 Å². The number of anilines is 1. The second-order valence-electron chi connectivity index (χ2n) is 5.26. The van der Waals surface area contributed by atoms with Crippen LogP contribution in [-0.2, 0) is 0 Å². The molecule has 0 radical (unpaired) electrons. The lowest BCUT2D eigenvalue weighted by Crippen LogP contribution is -2.35. The van der Waals surface area contributed by atoms with E-state index in [-0.39, 0.29) is 0 Å². The first-order chi connectivity index (χ1) is 8.74. The van der Waals surface area contributed by atoms with E-state index in [0.29, 0.717) is 17.6 Å². The van der Waals surface area contributed by atoms with E-state index >= 15 is 0 Å². The number of nitrogens with zero attached hydrogens (tertiary/aromatic N) is 5. The Kier molecular flexibility index (Phi) is 2.85. The highest BCUT2D eigenvalue weighted by atomic mass is 15.6. The van der Waals surface area contributed by atoms with Crippen molar-refractivity contribution in [3.05, 3.63) is 12.1 Å². The van der Waals surface area contributed by atoms with Gasteiger partial charge in [-0.05, 0) is 40.8 Å². The Balaban J connectivity index is 1.78. The van der Waals surface area contributed by atoms with Gasteiger partial charge in [0.2, 0.25) is 0 Å². The van der Waals surface area contributed by atoms with Gasteiger partial charge in [0.05, 0.1) is 0 Å². The lowest BCUT2D eigenvalue weighted by atomic mass is 9.78. The molecule has 3 atom stereocenters. The summed E-state index contributed by atoms with van der Waals surface area (Å²) < 4.78 is 1.46. The number of aromatic nitrogens is 5. The Morgan fingerprint density at radius 3 is 3.06 bits per heavy atom. The van der Waals surface area contributed by atoms with E-state index in [1.807, 2.05) is 12.1 Å². The highest BCUT2D eigenvalue weighted by Crippen LogP contribution is 2.31. The van der Waals surface area contributed by atoms with Crippen molar-refractivity contribution >= 4 is 11.5 Å². The molecule has 96 valence electrons. The van der Waals surface area contributed by atoms with E-state index in [0.717, 1.165) is 11.7 Å². The predicted molar refractivity (Wildman–Crippen MR) is 68.2 cm³/mol. The summed E-state index contributed by atoms with van der Waals surface area (Å²) >= 11 is 0. The molecule has 6 heteroatoms. The van der Waals surface area contributed by atoms with Crippen LogP contribution < -0.4 is 5.32 Å². The van der Waals surface area contributed by atoms with Gasteiger partial charge in [-0.25, -0.2) is 0 Å². The topological polar surface area (TPSA) is 68.0 Å². The summed E-state index contributed by atoms with van der Waals surface area (Å²) in [6.45, 7) is 4.65. The molecule has 0 aliphatic heterocycles. The third-order valence-electron chi connectivity index (χ3n) is 4.11. The summed E-state index contributed by atoms with van der Waals surface area (Å²) in [7, 11) is 0. The standard InChI is InChI=1S/C12H18N6/c1-8-4-3-5-10(9(8)2)13-11-6-7-12-14-16-17-18(12)15-11/h6-10H,3-5H2,1-2H3,(H,13,15)/t8-,9-,10-/m1/s1. The van der Waals surface area contributed by atoms with Gasteiger partial charge >= 0.3 is 0 Å². The van der Waals surface area contributed by atoms with Crippen molar-refractivity contribution in [2.45, 2.75) is 39.2 Å². The third-order valence-corrected chi connectivity index (χ3v) is 4.11. The van der Waals surface area contributed by atoms with Gasteiger partial charge in [-0.1, -0.05) is 26.7 Å². The van der Waals surface area contributed by atoms with Gasteiger partial charge in [-0.2, -0.15) is 0 Å². The van der Waals surface area contributed by atoms with E-state index in [2.05, 4.69) is 39.8 Å². The number of tetrazole rings is 1. The first-order valence-corrected chi connectivity index (χ1v) is 6.56. The smallest absolute Gasteiger partial charge is 0.200 e. The number of fused-ring (bicyclic) bond motifs is 1. The van der Waals surface area contributed by atoms with E-state index < -0.39 is 0 Å². The van der Waals surface area contributed by atoms with Crippen LogP contribution in [0.15, 0.2) is 12.1 Å². The molecule has 1 fully saturated rings. The van der Waals surface area contributed by atoms with Crippen molar-refractivity contribution < 1.29 is 0 Å². The van der Waals surface area contributed by atoms with Gasteiger partial charge in [-0.15, -0.1) is 14.8 Å². The van der Waals surface area contributed by atoms with Crippen LogP contribution in [-0.4, -0.2) is 31.3 Å². The Bertz CT molecular complexity index is 536. The molecule has 0 aromatic carbocycles. The van der Waals surface area contributed by atoms with Gasteiger partial charge in [0.25, 0.3) is 0 Å². The average Bonchev–Trinajstić information content (AvgIpc) is 2.82. The van der Waals surface area contributed by atoms with Crippen LogP contribution in [0.2, 0.25) is 0 Å². The lowest BCUT2D eigenvalue weighted by Gasteiger charge is -2.34. The predicted octanol–water partition coefficient (Wildman–Crippen LogP) is 1.76. The lowest BCUT2D eigenvalue weighted by molar-refractivity contribution is 0.252. The second kappa shape index (κ2) is 4.51. The molecule has 0 amide bonds. The zero-order valence-corrected chi connectivity index (χ0v) is 10.7. The number of hydrogen-bond acceptors (Lipinski definition) is 5. The van der Waals surface area contributed by atoms with Crippen molar-refractivity contribution in [3.8, 4) is 0 Å². The summed E-state index contributed by atoms with van der Waals surface area (Å²) in [5.41, 5.74) is 0.672. The molecule has 1 N–H and O–H groups in total. The zero-order valence-electron chi connectivity index (χ0n) is 10.7. The molecular weight excluding hydrogens is 228 g/mol. The number of hydrogen-bond donors (Lipinski definition) is 1. The van der Waals surface area contributed by atoms with Crippen LogP contribution >= 0.6 is 0 Å². The van der Waals surface area contributed by atoms with Crippen LogP contribution in [0.1, 0.15) is 33.1 Å². The minimum atomic E-state index is 0.496. The van der Waals surface area contributed by atoms with Crippen molar-refractivity contribution in [1.82, 2.24) is 25.3 Å². The fourth-order valence-electron chi connectivity index (χ4n) is 2.70. The maximum absolute atomic E-state index is 4.36. The molecular formula is C12H18N6. The third kappa shape index (κ3) is 2.02. The summed E-state index contributed by atoms with van der Waals surface area (Å²) in [4.78, 5) is 0. The zero-order chi connectivity index (χ0) is 12.5. The highest BCUT2D eigenvalue weighted by molar-refractivity contribution is 5.42. The Labute approximate surface area is 106 Å². The minimum absolute atomic E-state index is 0.496. The van der Waals surface area contributed by atoms with Gasteiger partial charge in [0.1, 0.15) is 5.82 Å². The molecule has 1 saturated carbocycles. The summed E-state index contributed by atoms with van der Waals surface area (Å²) in [5.74, 6) is 2.29. The molecule has 0 saturated heterocycles. The number of nitrogens with one attached hydrogen (secondary N) is 1. The summed E-state index contributed by atoms with van der Waals surface area (Å²) in [6.07, 6.45) is 3.83. The van der Waals surface area contributed by atoms with Crippen molar-refractivity contribution in [1.29, 1.82) is 0 Å². The molecule has 1 aliphatic rings. The van der Waals surface area contributed by atoms with E-state index in [9.17, 15) is 0 Å². The maximum atomic E-state index is 4.36. The van der Waals surface area contributed by atoms with Crippen molar-refractivity contribution in [2.75, 3.05) is 5.32 Å². The van der Waals surface area contributed by atoms with Crippen molar-refractivity contribution in [3.63, 3.8) is 0 Å². The molecule has 1 aliphatic carbocycles. The monoisotopic (exact) mass is 246 g/mol. The maximum Gasteiger partial charge on any atom is 0.200 e. The van der Waals surface area contributed by atoms with Crippen molar-refractivity contribution in [2.24, 2.45) is 11.8 Å². The minimum Gasteiger partial charge on any atom is -0.366 e. The quantitative estimate of drug-likeness (QED) is 0.874. The van der Waals surface area contributed by atoms with Gasteiger partial charge in [-0.3, -0.25) is 0 Å². The summed E-state index contributed by atoms with van der Waals surface area (Å²) in [6, 6.07) is 4.32. The van der Waals surface area contributed by atoms with Crippen LogP contribution in [0.5, 0.6) is 0 Å². The largest absolute Gasteiger partial charge is 0.366 e. The molecule has 0 unspecified atom stereocenters. The summed E-state index contributed by atoms with van der Waals surface area (Å²) in [5, 5.41) is 19.1. The van der Waals surface area contributed by atoms with E-state index in [1.165, 1.54) is 23.9 Å². The highest BCUT2D eigenvalue weighted by Gasteiger charge is 2.27. The SMILES string of the molecule is C[C@@H]1[C@H](C)CCC[C@H]1Nc1ccc2nnnn2n1. The Morgan fingerprint density at radius 1 is 1.28 bits per heavy atom. The van der Waals surface area contributed by atoms with Crippen LogP contribution in [0.25, 0.3) is 5.65 Å². The Morgan fingerprint density at radius 2 is 2.17 bits per heavy atom. The van der Waals surface area contributed by atoms with Crippen LogP contribution in [0.3, 0.4) is 0 Å². The molecule has 3 rings (SSSR count). The molecule has 18 heavy (non-hydrogen) atoms. The van der Waals surface area contributed by atoms with Gasteiger partial charge < -0.3 is 5.32 Å². The normalized spacial score (nSPS) is 28.4. The molecule has 6 nitrogen and oxygen atoms in total. The molecule has 2 heterocycles. The van der Waals surface area contributed by atoms with E-state index in [4.69, 9.17) is 0 Å². The average molecular weight is 246 g/mol. The Hall–Kier alpha value is -1.72. The number of rotatable bonds is 2. The first kappa shape index (κ1) is 11.4. The first-order valence-electron chi connectivity index (χ1n) is 6.56. The van der Waals surface area contributed by atoms with E-state index in [1.54, 1.807) is 0 Å². The molecule has 0 bridgehead atoms. The van der Waals surface area contributed by atoms with Crippen LogP contribution in [0.4, 0.5) is 5.82 Å². The second-order valence-corrected chi connectivity index (χ2v) is 5.26. The molecule has 0 spiro atoms. The molecule has 2 aromatic rings. The fraction of sp³-hybridized carbons (Fsp3) is 0.667.